The minimum atomic E-state index is 0. The van der Waals surface area contributed by atoms with Gasteiger partial charge in [-0.3, -0.25) is 4.79 Å². The molecule has 0 bridgehead atoms. The standard InChI is InChI=1S/C28H31N5O.9ClH/c1-31-25-12-11-21(28(34)32-15-5-8-22(29)18-32)16-23(25)30-27(31)26-14-13-24(20-6-3-2-4-7-20)33(26)17-19-9-10-19;;;;;;;;;/h2-4,6-7,11-14,16,19,22H,5,8-10,15,17-18,29H2,1H3;9*1H/t22-;;;;;;;;;/m1........./s1. The molecule has 6 rings (SSSR count). The first-order chi connectivity index (χ1) is 16.6. The second-order valence-electron chi connectivity index (χ2n) is 9.88. The highest BCUT2D eigenvalue weighted by Gasteiger charge is 2.26. The van der Waals surface area contributed by atoms with E-state index in [0.717, 1.165) is 54.4 Å². The lowest BCUT2D eigenvalue weighted by atomic mass is 10.1. The number of halogens is 9. The fraction of sp³-hybridized carbons (Fsp3) is 0.357. The van der Waals surface area contributed by atoms with E-state index in [1.807, 2.05) is 23.1 Å². The van der Waals surface area contributed by atoms with E-state index in [0.29, 0.717) is 12.1 Å². The summed E-state index contributed by atoms with van der Waals surface area (Å²) in [6.45, 7) is 2.41. The SMILES string of the molecule is Cl.Cl.Cl.Cl.Cl.Cl.Cl.Cl.Cl.Cn1c(-c2ccc(-c3ccccc3)n2CC2CC2)nc2cc(C(=O)N3CCC[C@@H](N)C3)ccc21. The van der Waals surface area contributed by atoms with Gasteiger partial charge in [0, 0.05) is 44.0 Å². The number of piperidine rings is 1. The third-order valence-corrected chi connectivity index (χ3v) is 7.29. The topological polar surface area (TPSA) is 69.1 Å². The molecule has 15 heteroatoms. The molecular formula is C28H40Cl9N5O. The highest BCUT2D eigenvalue weighted by Crippen LogP contribution is 2.37. The number of nitrogens with zero attached hydrogens (tertiary/aromatic N) is 4. The van der Waals surface area contributed by atoms with Crippen molar-refractivity contribution in [1.82, 2.24) is 19.0 Å². The minimum absolute atomic E-state index is 0. The number of benzene rings is 2. The van der Waals surface area contributed by atoms with Crippen LogP contribution >= 0.6 is 112 Å². The molecular weight excluding hydrogens is 741 g/mol. The summed E-state index contributed by atoms with van der Waals surface area (Å²) in [4.78, 5) is 20.0. The van der Waals surface area contributed by atoms with Crippen molar-refractivity contribution in [2.45, 2.75) is 38.3 Å². The van der Waals surface area contributed by atoms with Gasteiger partial charge in [-0.25, -0.2) is 4.98 Å². The number of amides is 1. The Bertz CT molecular complexity index is 1380. The monoisotopic (exact) mass is 777 g/mol. The summed E-state index contributed by atoms with van der Waals surface area (Å²) in [5.74, 6) is 1.72. The first kappa shape index (κ1) is 49.1. The Morgan fingerprint density at radius 3 is 2.07 bits per heavy atom. The molecule has 0 unspecified atom stereocenters. The number of fused-ring (bicyclic) bond motifs is 1. The van der Waals surface area contributed by atoms with Crippen molar-refractivity contribution in [3.05, 3.63) is 66.2 Å². The predicted molar refractivity (Wildman–Crippen MR) is 201 cm³/mol. The Hall–Kier alpha value is -0.770. The van der Waals surface area contributed by atoms with Crippen molar-refractivity contribution in [2.24, 2.45) is 18.7 Å². The molecule has 1 atom stereocenters. The molecule has 1 amide bonds. The minimum Gasteiger partial charge on any atom is -0.338 e. The first-order valence-corrected chi connectivity index (χ1v) is 12.3. The van der Waals surface area contributed by atoms with Crippen LogP contribution in [-0.2, 0) is 13.6 Å². The molecule has 4 aromatic rings. The van der Waals surface area contributed by atoms with Gasteiger partial charge >= 0.3 is 0 Å². The van der Waals surface area contributed by atoms with E-state index >= 15 is 0 Å². The molecule has 1 aliphatic carbocycles. The Morgan fingerprint density at radius 2 is 1.47 bits per heavy atom. The lowest BCUT2D eigenvalue weighted by Gasteiger charge is -2.30. The molecule has 2 aromatic carbocycles. The lowest BCUT2D eigenvalue weighted by Crippen LogP contribution is -2.45. The van der Waals surface area contributed by atoms with E-state index < -0.39 is 0 Å². The average molecular weight is 782 g/mol. The molecule has 0 spiro atoms. The Balaban J connectivity index is -0.000000845. The van der Waals surface area contributed by atoms with Gasteiger partial charge in [0.15, 0.2) is 5.82 Å². The van der Waals surface area contributed by atoms with E-state index in [1.165, 1.54) is 24.1 Å². The van der Waals surface area contributed by atoms with E-state index in [4.69, 9.17) is 10.7 Å². The molecule has 2 N–H and O–H groups in total. The summed E-state index contributed by atoms with van der Waals surface area (Å²) in [7, 11) is 2.06. The summed E-state index contributed by atoms with van der Waals surface area (Å²) in [5, 5.41) is 0. The van der Waals surface area contributed by atoms with Gasteiger partial charge in [-0.2, -0.15) is 0 Å². The Labute approximate surface area is 309 Å². The van der Waals surface area contributed by atoms with Crippen molar-refractivity contribution in [2.75, 3.05) is 13.1 Å². The van der Waals surface area contributed by atoms with Crippen molar-refractivity contribution in [1.29, 1.82) is 0 Å². The molecule has 0 radical (unpaired) electrons. The van der Waals surface area contributed by atoms with E-state index in [-0.39, 0.29) is 124 Å². The van der Waals surface area contributed by atoms with Gasteiger partial charge in [0.2, 0.25) is 0 Å². The maximum atomic E-state index is 13.1. The lowest BCUT2D eigenvalue weighted by molar-refractivity contribution is 0.0709. The maximum Gasteiger partial charge on any atom is 0.253 e. The number of imidazole rings is 1. The molecule has 1 saturated carbocycles. The number of carbonyl (C=O) groups excluding carboxylic acids is 1. The van der Waals surface area contributed by atoms with Crippen LogP contribution in [0.15, 0.2) is 60.7 Å². The van der Waals surface area contributed by atoms with Crippen LogP contribution in [0.3, 0.4) is 0 Å². The van der Waals surface area contributed by atoms with Crippen molar-refractivity contribution in [3.8, 4) is 22.8 Å². The van der Waals surface area contributed by atoms with Gasteiger partial charge in [0.1, 0.15) is 0 Å². The number of aryl methyl sites for hydroxylation is 1. The molecule has 43 heavy (non-hydrogen) atoms. The zero-order chi connectivity index (χ0) is 23.2. The highest BCUT2D eigenvalue weighted by atomic mass is 35.5. The molecule has 2 aliphatic rings. The fourth-order valence-electron chi connectivity index (χ4n) is 5.22. The normalized spacial score (nSPS) is 14.7. The fourth-order valence-corrected chi connectivity index (χ4v) is 5.22. The molecule has 2 aromatic heterocycles. The van der Waals surface area contributed by atoms with E-state index in [1.54, 1.807) is 0 Å². The van der Waals surface area contributed by atoms with Crippen LogP contribution in [-0.4, -0.2) is 44.1 Å². The van der Waals surface area contributed by atoms with Gasteiger partial charge in [0.25, 0.3) is 5.91 Å². The Kier molecular flexibility index (Phi) is 24.1. The number of hydrogen-bond acceptors (Lipinski definition) is 3. The van der Waals surface area contributed by atoms with Crippen LogP contribution in [0, 0.1) is 5.92 Å². The van der Waals surface area contributed by atoms with E-state index in [2.05, 4.69) is 58.6 Å². The van der Waals surface area contributed by atoms with Crippen molar-refractivity contribution >= 4 is 129 Å². The van der Waals surface area contributed by atoms with Gasteiger partial charge < -0.3 is 19.8 Å². The molecule has 3 heterocycles. The number of rotatable bonds is 5. The van der Waals surface area contributed by atoms with Crippen LogP contribution < -0.4 is 5.73 Å². The highest BCUT2D eigenvalue weighted by molar-refractivity contribution is 5.98. The van der Waals surface area contributed by atoms with Crippen molar-refractivity contribution in [3.63, 3.8) is 0 Å². The summed E-state index contributed by atoms with van der Waals surface area (Å²) in [6.07, 6.45) is 4.53. The zero-order valence-corrected chi connectivity index (χ0v) is 30.7. The predicted octanol–water partition coefficient (Wildman–Crippen LogP) is 8.48. The second kappa shape index (κ2) is 21.1. The molecule has 1 aliphatic heterocycles. The maximum absolute atomic E-state index is 13.1. The summed E-state index contributed by atoms with van der Waals surface area (Å²) in [6, 6.07) is 20.9. The third kappa shape index (κ3) is 10.4. The Morgan fingerprint density at radius 1 is 0.837 bits per heavy atom. The summed E-state index contributed by atoms with van der Waals surface area (Å²) in [5.41, 5.74) is 12.2. The molecule has 6 nitrogen and oxygen atoms in total. The largest absolute Gasteiger partial charge is 0.338 e. The van der Waals surface area contributed by atoms with Crippen LogP contribution in [0.2, 0.25) is 0 Å². The van der Waals surface area contributed by atoms with Crippen LogP contribution in [0.25, 0.3) is 33.8 Å². The number of hydrogen-bond donors (Lipinski definition) is 1. The quantitative estimate of drug-likeness (QED) is 0.221. The van der Waals surface area contributed by atoms with Crippen LogP contribution in [0.1, 0.15) is 36.0 Å². The van der Waals surface area contributed by atoms with E-state index in [9.17, 15) is 4.79 Å². The van der Waals surface area contributed by atoms with Crippen molar-refractivity contribution < 1.29 is 4.79 Å². The van der Waals surface area contributed by atoms with Gasteiger partial charge in [-0.1, -0.05) is 30.3 Å². The number of likely N-dealkylation sites (tertiary alicyclic amines) is 1. The van der Waals surface area contributed by atoms with Crippen LogP contribution in [0.4, 0.5) is 0 Å². The number of nitrogens with two attached hydrogens (primary N) is 1. The van der Waals surface area contributed by atoms with Gasteiger partial charge in [-0.15, -0.1) is 112 Å². The molecule has 1 saturated heterocycles. The van der Waals surface area contributed by atoms with Gasteiger partial charge in [-0.05, 0) is 67.5 Å². The molecule has 246 valence electrons. The number of aromatic nitrogens is 3. The second-order valence-corrected chi connectivity index (χ2v) is 9.88. The summed E-state index contributed by atoms with van der Waals surface area (Å²) >= 11 is 0. The average Bonchev–Trinajstić information content (AvgIpc) is 3.50. The number of carbonyl (C=O) groups is 1. The first-order valence-electron chi connectivity index (χ1n) is 12.3. The smallest absolute Gasteiger partial charge is 0.253 e. The molecule has 2 fully saturated rings. The van der Waals surface area contributed by atoms with Gasteiger partial charge in [0.05, 0.1) is 16.7 Å². The van der Waals surface area contributed by atoms with Crippen LogP contribution in [0.5, 0.6) is 0 Å². The third-order valence-electron chi connectivity index (χ3n) is 7.29. The summed E-state index contributed by atoms with van der Waals surface area (Å²) < 4.78 is 4.57. The zero-order valence-electron chi connectivity index (χ0n) is 23.3.